The van der Waals surface area contributed by atoms with Crippen molar-refractivity contribution in [1.82, 2.24) is 0 Å². The fourth-order valence-corrected chi connectivity index (χ4v) is 2.54. The molecular formula is C22H19NO4. The number of para-hydroxylation sites is 2. The molecular weight excluding hydrogens is 342 g/mol. The Kier molecular flexibility index (Phi) is 5.84. The van der Waals surface area contributed by atoms with Gasteiger partial charge in [0, 0.05) is 11.1 Å². The number of methoxy groups -OCH3 is 1. The lowest BCUT2D eigenvalue weighted by Crippen LogP contribution is -2.20. The lowest BCUT2D eigenvalue weighted by molar-refractivity contribution is -0.118. The highest BCUT2D eigenvalue weighted by Gasteiger charge is 2.10. The van der Waals surface area contributed by atoms with Crippen LogP contribution in [-0.2, 0) is 4.79 Å². The number of nitrogens with one attached hydrogen (secondary N) is 1. The van der Waals surface area contributed by atoms with E-state index in [1.165, 1.54) is 0 Å². The van der Waals surface area contributed by atoms with Gasteiger partial charge >= 0.3 is 0 Å². The number of rotatable bonds is 7. The average Bonchev–Trinajstić information content (AvgIpc) is 2.73. The van der Waals surface area contributed by atoms with Crippen molar-refractivity contribution in [3.05, 3.63) is 90.0 Å². The van der Waals surface area contributed by atoms with Crippen LogP contribution in [-0.4, -0.2) is 25.4 Å². The highest BCUT2D eigenvalue weighted by Crippen LogP contribution is 2.23. The maximum atomic E-state index is 12.4. The van der Waals surface area contributed by atoms with E-state index in [4.69, 9.17) is 9.47 Å². The quantitative estimate of drug-likeness (QED) is 0.647. The lowest BCUT2D eigenvalue weighted by Gasteiger charge is -2.11. The molecule has 3 rings (SSSR count). The molecule has 1 amide bonds. The summed E-state index contributed by atoms with van der Waals surface area (Å²) in [5.74, 6) is 0.726. The van der Waals surface area contributed by atoms with Gasteiger partial charge < -0.3 is 14.8 Å². The number of ketones is 1. The molecule has 0 heterocycles. The van der Waals surface area contributed by atoms with Crippen molar-refractivity contribution in [2.24, 2.45) is 0 Å². The molecule has 0 saturated heterocycles. The fraction of sp³-hybridized carbons (Fsp3) is 0.0909. The Balaban J connectivity index is 1.57. The van der Waals surface area contributed by atoms with Crippen LogP contribution in [0.4, 0.5) is 5.69 Å². The molecule has 1 N–H and O–H groups in total. The van der Waals surface area contributed by atoms with Crippen molar-refractivity contribution in [3.8, 4) is 11.5 Å². The van der Waals surface area contributed by atoms with Gasteiger partial charge in [-0.2, -0.15) is 0 Å². The van der Waals surface area contributed by atoms with Crippen molar-refractivity contribution >= 4 is 17.4 Å². The SMILES string of the molecule is COc1ccccc1NC(=O)COc1ccc(C(=O)c2ccccc2)cc1. The van der Waals surface area contributed by atoms with Crippen LogP contribution in [0.5, 0.6) is 11.5 Å². The molecule has 5 heteroatoms. The molecule has 0 aliphatic rings. The minimum atomic E-state index is -0.302. The topological polar surface area (TPSA) is 64.6 Å². The third kappa shape index (κ3) is 4.73. The molecule has 0 aliphatic carbocycles. The number of benzene rings is 3. The largest absolute Gasteiger partial charge is 0.495 e. The number of carbonyl (C=O) groups excluding carboxylic acids is 2. The summed E-state index contributed by atoms with van der Waals surface area (Å²) >= 11 is 0. The van der Waals surface area contributed by atoms with Crippen LogP contribution in [0.3, 0.4) is 0 Å². The zero-order valence-electron chi connectivity index (χ0n) is 14.8. The average molecular weight is 361 g/mol. The van der Waals surface area contributed by atoms with Gasteiger partial charge in [0.2, 0.25) is 0 Å². The first-order valence-corrected chi connectivity index (χ1v) is 8.43. The monoisotopic (exact) mass is 361 g/mol. The minimum Gasteiger partial charge on any atom is -0.495 e. The van der Waals surface area contributed by atoms with E-state index in [1.54, 1.807) is 55.6 Å². The molecule has 0 radical (unpaired) electrons. The van der Waals surface area contributed by atoms with Gasteiger partial charge in [-0.1, -0.05) is 42.5 Å². The van der Waals surface area contributed by atoms with E-state index in [-0.39, 0.29) is 18.3 Å². The molecule has 0 unspecified atom stereocenters. The number of anilines is 1. The van der Waals surface area contributed by atoms with Gasteiger partial charge in [-0.05, 0) is 36.4 Å². The van der Waals surface area contributed by atoms with E-state index >= 15 is 0 Å². The van der Waals surface area contributed by atoms with Crippen LogP contribution < -0.4 is 14.8 Å². The Labute approximate surface area is 157 Å². The number of carbonyl (C=O) groups is 2. The zero-order chi connectivity index (χ0) is 19.1. The first-order chi connectivity index (χ1) is 13.2. The third-order valence-electron chi connectivity index (χ3n) is 3.90. The van der Waals surface area contributed by atoms with Gasteiger partial charge in [0.05, 0.1) is 12.8 Å². The van der Waals surface area contributed by atoms with Crippen molar-refractivity contribution < 1.29 is 19.1 Å². The Morgan fingerprint density at radius 1 is 0.815 bits per heavy atom. The lowest BCUT2D eigenvalue weighted by atomic mass is 10.0. The first-order valence-electron chi connectivity index (χ1n) is 8.43. The second kappa shape index (κ2) is 8.67. The Bertz CT molecular complexity index is 921. The molecule has 0 fully saturated rings. The molecule has 0 bridgehead atoms. The number of amides is 1. The van der Waals surface area contributed by atoms with Crippen LogP contribution in [0.2, 0.25) is 0 Å². The highest BCUT2D eigenvalue weighted by atomic mass is 16.5. The second-order valence-electron chi connectivity index (χ2n) is 5.76. The first kappa shape index (κ1) is 18.2. The molecule has 3 aromatic rings. The maximum absolute atomic E-state index is 12.4. The fourth-order valence-electron chi connectivity index (χ4n) is 2.54. The van der Waals surface area contributed by atoms with Crippen LogP contribution >= 0.6 is 0 Å². The van der Waals surface area contributed by atoms with Gasteiger partial charge in [-0.3, -0.25) is 9.59 Å². The van der Waals surface area contributed by atoms with E-state index in [0.29, 0.717) is 28.3 Å². The van der Waals surface area contributed by atoms with Crippen LogP contribution in [0.25, 0.3) is 0 Å². The van der Waals surface area contributed by atoms with Crippen LogP contribution in [0.15, 0.2) is 78.9 Å². The van der Waals surface area contributed by atoms with Gasteiger partial charge in [0.15, 0.2) is 12.4 Å². The van der Waals surface area contributed by atoms with Crippen molar-refractivity contribution in [3.63, 3.8) is 0 Å². The van der Waals surface area contributed by atoms with E-state index < -0.39 is 0 Å². The van der Waals surface area contributed by atoms with Gasteiger partial charge in [-0.25, -0.2) is 0 Å². The third-order valence-corrected chi connectivity index (χ3v) is 3.90. The van der Waals surface area contributed by atoms with E-state index in [1.807, 2.05) is 30.3 Å². The summed E-state index contributed by atoms with van der Waals surface area (Å²) in [7, 11) is 1.54. The summed E-state index contributed by atoms with van der Waals surface area (Å²) in [5.41, 5.74) is 1.77. The van der Waals surface area contributed by atoms with Crippen LogP contribution in [0, 0.1) is 0 Å². The standard InChI is InChI=1S/C22H19NO4/c1-26-20-10-6-5-9-19(20)23-21(24)15-27-18-13-11-17(12-14-18)22(25)16-7-3-2-4-8-16/h2-14H,15H2,1H3,(H,23,24). The number of hydrogen-bond donors (Lipinski definition) is 1. The predicted molar refractivity (Wildman–Crippen MR) is 103 cm³/mol. The molecule has 0 spiro atoms. The molecule has 0 saturated carbocycles. The summed E-state index contributed by atoms with van der Waals surface area (Å²) in [6, 6.07) is 22.9. The van der Waals surface area contributed by atoms with Crippen molar-refractivity contribution in [1.29, 1.82) is 0 Å². The smallest absolute Gasteiger partial charge is 0.262 e. The Morgan fingerprint density at radius 2 is 1.44 bits per heavy atom. The van der Waals surface area contributed by atoms with E-state index in [2.05, 4.69) is 5.32 Å². The maximum Gasteiger partial charge on any atom is 0.262 e. The molecule has 0 atom stereocenters. The summed E-state index contributed by atoms with van der Waals surface area (Å²) in [4.78, 5) is 24.4. The minimum absolute atomic E-state index is 0.0592. The molecule has 0 aliphatic heterocycles. The molecule has 3 aromatic carbocycles. The van der Waals surface area contributed by atoms with Crippen molar-refractivity contribution in [2.75, 3.05) is 19.0 Å². The summed E-state index contributed by atoms with van der Waals surface area (Å²) < 4.78 is 10.7. The Morgan fingerprint density at radius 3 is 2.15 bits per heavy atom. The summed E-state index contributed by atoms with van der Waals surface area (Å²) in [6.45, 7) is -0.149. The number of ether oxygens (including phenoxy) is 2. The van der Waals surface area contributed by atoms with Gasteiger partial charge in [-0.15, -0.1) is 0 Å². The summed E-state index contributed by atoms with van der Waals surface area (Å²) in [5, 5.41) is 2.74. The zero-order valence-corrected chi connectivity index (χ0v) is 14.8. The second-order valence-corrected chi connectivity index (χ2v) is 5.76. The van der Waals surface area contributed by atoms with E-state index in [9.17, 15) is 9.59 Å². The number of hydrogen-bond acceptors (Lipinski definition) is 4. The molecule has 136 valence electrons. The summed E-state index contributed by atoms with van der Waals surface area (Å²) in [6.07, 6.45) is 0. The molecule has 27 heavy (non-hydrogen) atoms. The van der Waals surface area contributed by atoms with Gasteiger partial charge in [0.1, 0.15) is 11.5 Å². The normalized spacial score (nSPS) is 10.1. The predicted octanol–water partition coefficient (Wildman–Crippen LogP) is 3.94. The Hall–Kier alpha value is -3.60. The van der Waals surface area contributed by atoms with Gasteiger partial charge in [0.25, 0.3) is 5.91 Å². The molecule has 0 aromatic heterocycles. The molecule has 5 nitrogen and oxygen atoms in total. The van der Waals surface area contributed by atoms with E-state index in [0.717, 1.165) is 0 Å². The van der Waals surface area contributed by atoms with Crippen molar-refractivity contribution in [2.45, 2.75) is 0 Å². The highest BCUT2D eigenvalue weighted by molar-refractivity contribution is 6.09. The van der Waals surface area contributed by atoms with Crippen LogP contribution in [0.1, 0.15) is 15.9 Å².